The summed E-state index contributed by atoms with van der Waals surface area (Å²) in [6.45, 7) is 4.68. The zero-order chi connectivity index (χ0) is 24.2. The van der Waals surface area contributed by atoms with Crippen LogP contribution in [0.2, 0.25) is 0 Å². The number of hydrogen-bond donors (Lipinski definition) is 1. The van der Waals surface area contributed by atoms with Crippen LogP contribution in [0.15, 0.2) is 54.7 Å². The van der Waals surface area contributed by atoms with Crippen molar-refractivity contribution in [1.29, 1.82) is 0 Å². The number of methoxy groups -OCH3 is 1. The first-order valence-corrected chi connectivity index (χ1v) is 12.7. The summed E-state index contributed by atoms with van der Waals surface area (Å²) < 4.78 is 12.5. The van der Waals surface area contributed by atoms with Gasteiger partial charge >= 0.3 is 0 Å². The largest absolute Gasteiger partial charge is 0.497 e. The van der Waals surface area contributed by atoms with E-state index in [-0.39, 0.29) is 11.8 Å². The van der Waals surface area contributed by atoms with Crippen LogP contribution in [0.25, 0.3) is 16.2 Å². The summed E-state index contributed by atoms with van der Waals surface area (Å²) in [7, 11) is 1.66. The van der Waals surface area contributed by atoms with Gasteiger partial charge in [-0.2, -0.15) is 0 Å². The molecule has 0 radical (unpaired) electrons. The Labute approximate surface area is 208 Å². The maximum absolute atomic E-state index is 12.9. The standard InChI is InChI=1S/C26H29N5O3S/c1-3-34-22-10-6-18(7-11-22)15-27-24(32)20-5-4-14-30(16-20)26-29-31-17-23(28-25(31)35-26)19-8-12-21(33-2)13-9-19/h6-13,17,20H,3-5,14-16H2,1-2H3,(H,27,32). The number of hydrogen-bond acceptors (Lipinski definition) is 7. The number of anilines is 1. The molecule has 1 fully saturated rings. The molecule has 5 rings (SSSR count). The fourth-order valence-electron chi connectivity index (χ4n) is 4.29. The van der Waals surface area contributed by atoms with Gasteiger partial charge in [0.1, 0.15) is 11.5 Å². The SMILES string of the molecule is CCOc1ccc(CNC(=O)C2CCCN(c3nn4cc(-c5ccc(OC)cc5)nc4s3)C2)cc1. The lowest BCUT2D eigenvalue weighted by Crippen LogP contribution is -2.43. The summed E-state index contributed by atoms with van der Waals surface area (Å²) in [6, 6.07) is 15.7. The molecule has 2 aromatic heterocycles. The minimum Gasteiger partial charge on any atom is -0.497 e. The van der Waals surface area contributed by atoms with Gasteiger partial charge in [-0.25, -0.2) is 9.50 Å². The molecule has 9 heteroatoms. The molecule has 0 bridgehead atoms. The Kier molecular flexibility index (Phi) is 6.85. The van der Waals surface area contributed by atoms with Crippen LogP contribution >= 0.6 is 11.3 Å². The number of piperidine rings is 1. The van der Waals surface area contributed by atoms with Crippen molar-refractivity contribution in [3.05, 3.63) is 60.3 Å². The normalized spacial score (nSPS) is 15.8. The smallest absolute Gasteiger partial charge is 0.225 e. The summed E-state index contributed by atoms with van der Waals surface area (Å²) in [5, 5.41) is 8.76. The topological polar surface area (TPSA) is 81.0 Å². The summed E-state index contributed by atoms with van der Waals surface area (Å²) in [4.78, 5) is 20.7. The van der Waals surface area contributed by atoms with Gasteiger partial charge in [0.05, 0.1) is 31.5 Å². The number of rotatable bonds is 8. The van der Waals surface area contributed by atoms with Crippen molar-refractivity contribution in [2.75, 3.05) is 31.7 Å². The third kappa shape index (κ3) is 5.24. The molecule has 8 nitrogen and oxygen atoms in total. The highest BCUT2D eigenvalue weighted by atomic mass is 32.1. The second-order valence-electron chi connectivity index (χ2n) is 8.55. The molecular weight excluding hydrogens is 462 g/mol. The van der Waals surface area contributed by atoms with Crippen LogP contribution in [0.1, 0.15) is 25.3 Å². The van der Waals surface area contributed by atoms with Crippen LogP contribution in [-0.2, 0) is 11.3 Å². The fraction of sp³-hybridized carbons (Fsp3) is 0.346. The molecule has 3 heterocycles. The number of nitrogens with one attached hydrogen (secondary N) is 1. The minimum atomic E-state index is -0.0578. The van der Waals surface area contributed by atoms with Gasteiger partial charge < -0.3 is 19.7 Å². The van der Waals surface area contributed by atoms with Crippen molar-refractivity contribution < 1.29 is 14.3 Å². The van der Waals surface area contributed by atoms with Crippen LogP contribution in [0.3, 0.4) is 0 Å². The first-order valence-electron chi connectivity index (χ1n) is 11.9. The highest BCUT2D eigenvalue weighted by molar-refractivity contribution is 7.20. The molecule has 4 aromatic rings. The number of ether oxygens (including phenoxy) is 2. The van der Waals surface area contributed by atoms with Crippen LogP contribution in [0.5, 0.6) is 11.5 Å². The van der Waals surface area contributed by atoms with E-state index in [1.807, 2.05) is 66.2 Å². The van der Waals surface area contributed by atoms with Crippen molar-refractivity contribution in [3.63, 3.8) is 0 Å². The van der Waals surface area contributed by atoms with Gasteiger partial charge in [0.15, 0.2) is 0 Å². The molecule has 1 aliphatic heterocycles. The predicted octanol–water partition coefficient (Wildman–Crippen LogP) is 4.40. The Morgan fingerprint density at radius 2 is 1.91 bits per heavy atom. The Hall–Kier alpha value is -3.59. The van der Waals surface area contributed by atoms with Gasteiger partial charge in [-0.1, -0.05) is 23.5 Å². The summed E-state index contributed by atoms with van der Waals surface area (Å²) >= 11 is 1.55. The van der Waals surface area contributed by atoms with Gasteiger partial charge in [-0.3, -0.25) is 4.79 Å². The molecule has 0 spiro atoms. The van der Waals surface area contributed by atoms with E-state index in [1.165, 1.54) is 0 Å². The average molecular weight is 492 g/mol. The molecule has 1 atom stereocenters. The Bertz CT molecular complexity index is 1250. The van der Waals surface area contributed by atoms with Crippen molar-refractivity contribution in [3.8, 4) is 22.8 Å². The second kappa shape index (κ2) is 10.4. The molecule has 0 aliphatic carbocycles. The molecule has 1 N–H and O–H groups in total. The van der Waals surface area contributed by atoms with Crippen molar-refractivity contribution in [2.45, 2.75) is 26.3 Å². The van der Waals surface area contributed by atoms with Crippen LogP contribution in [0, 0.1) is 5.92 Å². The van der Waals surface area contributed by atoms with Gasteiger partial charge in [-0.05, 0) is 61.7 Å². The van der Waals surface area contributed by atoms with E-state index < -0.39 is 0 Å². The maximum Gasteiger partial charge on any atom is 0.225 e. The molecule has 2 aromatic carbocycles. The number of amides is 1. The van der Waals surface area contributed by atoms with E-state index in [2.05, 4.69) is 10.2 Å². The highest BCUT2D eigenvalue weighted by Gasteiger charge is 2.28. The Morgan fingerprint density at radius 1 is 1.14 bits per heavy atom. The number of aromatic nitrogens is 3. The molecule has 35 heavy (non-hydrogen) atoms. The maximum atomic E-state index is 12.9. The number of fused-ring (bicyclic) bond motifs is 1. The molecule has 1 unspecified atom stereocenters. The van der Waals surface area contributed by atoms with E-state index in [9.17, 15) is 4.79 Å². The lowest BCUT2D eigenvalue weighted by Gasteiger charge is -2.31. The number of carbonyl (C=O) groups excluding carboxylic acids is 1. The summed E-state index contributed by atoms with van der Waals surface area (Å²) in [5.74, 6) is 1.69. The summed E-state index contributed by atoms with van der Waals surface area (Å²) in [5.41, 5.74) is 2.96. The minimum absolute atomic E-state index is 0.0578. The van der Waals surface area contributed by atoms with Gasteiger partial charge in [0.25, 0.3) is 0 Å². The molecule has 1 amide bonds. The van der Waals surface area contributed by atoms with Crippen molar-refractivity contribution >= 4 is 27.3 Å². The van der Waals surface area contributed by atoms with E-state index >= 15 is 0 Å². The highest BCUT2D eigenvalue weighted by Crippen LogP contribution is 2.30. The average Bonchev–Trinajstić information content (AvgIpc) is 3.48. The van der Waals surface area contributed by atoms with Crippen molar-refractivity contribution in [1.82, 2.24) is 19.9 Å². The van der Waals surface area contributed by atoms with E-state index in [1.54, 1.807) is 18.4 Å². The molecule has 0 saturated carbocycles. The third-order valence-corrected chi connectivity index (χ3v) is 7.17. The Morgan fingerprint density at radius 3 is 2.63 bits per heavy atom. The number of benzene rings is 2. The van der Waals surface area contributed by atoms with Gasteiger partial charge in [0.2, 0.25) is 16.0 Å². The molecule has 1 aliphatic rings. The third-order valence-electron chi connectivity index (χ3n) is 6.18. The number of imidazole rings is 1. The van der Waals surface area contributed by atoms with Crippen LogP contribution in [0.4, 0.5) is 5.13 Å². The van der Waals surface area contributed by atoms with Crippen molar-refractivity contribution in [2.24, 2.45) is 5.92 Å². The molecule has 1 saturated heterocycles. The quantitative estimate of drug-likeness (QED) is 0.394. The van der Waals surface area contributed by atoms with Gasteiger partial charge in [-0.15, -0.1) is 5.10 Å². The van der Waals surface area contributed by atoms with Gasteiger partial charge in [0, 0.05) is 25.2 Å². The zero-order valence-electron chi connectivity index (χ0n) is 19.9. The number of nitrogens with zero attached hydrogens (tertiary/aromatic N) is 4. The first kappa shape index (κ1) is 23.2. The molecular formula is C26H29N5O3S. The van der Waals surface area contributed by atoms with E-state index in [0.29, 0.717) is 19.7 Å². The van der Waals surface area contributed by atoms with E-state index in [4.69, 9.17) is 19.6 Å². The first-order chi connectivity index (χ1) is 17.1. The number of carbonyl (C=O) groups is 1. The summed E-state index contributed by atoms with van der Waals surface area (Å²) in [6.07, 6.45) is 3.79. The monoisotopic (exact) mass is 491 g/mol. The Balaban J connectivity index is 1.20. The zero-order valence-corrected chi connectivity index (χ0v) is 20.8. The van der Waals surface area contributed by atoms with Crippen LogP contribution < -0.4 is 19.7 Å². The lowest BCUT2D eigenvalue weighted by molar-refractivity contribution is -0.125. The predicted molar refractivity (Wildman–Crippen MR) is 137 cm³/mol. The lowest BCUT2D eigenvalue weighted by atomic mass is 9.97. The molecule has 182 valence electrons. The second-order valence-corrected chi connectivity index (χ2v) is 9.48. The fourth-order valence-corrected chi connectivity index (χ4v) is 5.20. The van der Waals surface area contributed by atoms with Crippen LogP contribution in [-0.4, -0.2) is 47.3 Å². The van der Waals surface area contributed by atoms with E-state index in [0.717, 1.165) is 57.8 Å².